The van der Waals surface area contributed by atoms with Crippen molar-refractivity contribution in [3.63, 3.8) is 0 Å². The van der Waals surface area contributed by atoms with Gasteiger partial charge in [0.2, 0.25) is 0 Å². The quantitative estimate of drug-likeness (QED) is 0.682. The molecule has 82 valence electrons. The van der Waals surface area contributed by atoms with Gasteiger partial charge in [-0.1, -0.05) is 25.5 Å². The van der Waals surface area contributed by atoms with Crippen LogP contribution in [0.3, 0.4) is 0 Å². The van der Waals surface area contributed by atoms with Crippen molar-refractivity contribution in [3.8, 4) is 0 Å². The zero-order valence-corrected chi connectivity index (χ0v) is 9.63. The molecule has 1 rings (SSSR count). The smallest absolute Gasteiger partial charge is 0.0190 e. The fourth-order valence-electron chi connectivity index (χ4n) is 2.58. The molecule has 1 fully saturated rings. The summed E-state index contributed by atoms with van der Waals surface area (Å²) in [4.78, 5) is 2.53. The van der Waals surface area contributed by atoms with E-state index in [1.807, 2.05) is 0 Å². The lowest BCUT2D eigenvalue weighted by atomic mass is 10.0. The van der Waals surface area contributed by atoms with Crippen LogP contribution >= 0.6 is 0 Å². The summed E-state index contributed by atoms with van der Waals surface area (Å²) >= 11 is 0. The van der Waals surface area contributed by atoms with E-state index in [0.717, 1.165) is 19.6 Å². The molecule has 0 radical (unpaired) electrons. The second kappa shape index (κ2) is 5.52. The molecule has 0 amide bonds. The minimum absolute atomic E-state index is 0.710. The summed E-state index contributed by atoms with van der Waals surface area (Å²) in [7, 11) is 0. The molecule has 1 aliphatic carbocycles. The first-order valence-electron chi connectivity index (χ1n) is 5.77. The third-order valence-electron chi connectivity index (χ3n) is 3.27. The minimum Gasteiger partial charge on any atom is -0.330 e. The summed E-state index contributed by atoms with van der Waals surface area (Å²) in [5.41, 5.74) is 7.06. The van der Waals surface area contributed by atoms with E-state index in [-0.39, 0.29) is 0 Å². The van der Waals surface area contributed by atoms with Crippen molar-refractivity contribution in [1.82, 2.24) is 4.90 Å². The zero-order valence-electron chi connectivity index (χ0n) is 9.63. The van der Waals surface area contributed by atoms with Crippen LogP contribution in [0.15, 0.2) is 12.2 Å². The minimum atomic E-state index is 0.710. The molecular formula is C12H24N2. The normalized spacial score (nSPS) is 27.1. The summed E-state index contributed by atoms with van der Waals surface area (Å²) in [5.74, 6) is 0.717. The Hall–Kier alpha value is -0.340. The van der Waals surface area contributed by atoms with E-state index in [2.05, 4.69) is 25.3 Å². The highest BCUT2D eigenvalue weighted by molar-refractivity contribution is 4.95. The Morgan fingerprint density at radius 2 is 2.21 bits per heavy atom. The molecule has 0 aromatic carbocycles. The van der Waals surface area contributed by atoms with Crippen LogP contribution in [0, 0.1) is 5.92 Å². The van der Waals surface area contributed by atoms with Crippen molar-refractivity contribution < 1.29 is 0 Å². The number of rotatable bonds is 5. The van der Waals surface area contributed by atoms with Gasteiger partial charge in [0.1, 0.15) is 0 Å². The van der Waals surface area contributed by atoms with Gasteiger partial charge >= 0.3 is 0 Å². The molecular weight excluding hydrogens is 172 g/mol. The van der Waals surface area contributed by atoms with Gasteiger partial charge in [0, 0.05) is 12.6 Å². The number of hydrogen-bond donors (Lipinski definition) is 1. The van der Waals surface area contributed by atoms with Crippen LogP contribution in [0.2, 0.25) is 0 Å². The van der Waals surface area contributed by atoms with E-state index in [9.17, 15) is 0 Å². The Balaban J connectivity index is 2.54. The molecule has 1 saturated carbocycles. The predicted octanol–water partition coefficient (Wildman–Crippen LogP) is 2.01. The Kier molecular flexibility index (Phi) is 4.63. The van der Waals surface area contributed by atoms with E-state index < -0.39 is 0 Å². The van der Waals surface area contributed by atoms with E-state index in [1.54, 1.807) is 0 Å². The van der Waals surface area contributed by atoms with Gasteiger partial charge in [0.25, 0.3) is 0 Å². The largest absolute Gasteiger partial charge is 0.330 e. The predicted molar refractivity (Wildman–Crippen MR) is 62.2 cm³/mol. The summed E-state index contributed by atoms with van der Waals surface area (Å²) in [6, 6.07) is 0.710. The Bertz CT molecular complexity index is 189. The number of nitrogens with two attached hydrogens (primary N) is 1. The van der Waals surface area contributed by atoms with Crippen molar-refractivity contribution in [2.75, 3.05) is 19.6 Å². The van der Waals surface area contributed by atoms with Gasteiger partial charge in [-0.05, 0) is 38.8 Å². The van der Waals surface area contributed by atoms with Gasteiger partial charge < -0.3 is 5.73 Å². The van der Waals surface area contributed by atoms with Crippen LogP contribution in [0.1, 0.15) is 33.1 Å². The molecule has 0 aliphatic heterocycles. The third-order valence-corrected chi connectivity index (χ3v) is 3.27. The van der Waals surface area contributed by atoms with Gasteiger partial charge in [0.05, 0.1) is 0 Å². The maximum atomic E-state index is 5.80. The molecule has 14 heavy (non-hydrogen) atoms. The summed E-state index contributed by atoms with van der Waals surface area (Å²) in [6.07, 6.45) is 3.98. The number of nitrogens with zero attached hydrogens (tertiary/aromatic N) is 1. The second-order valence-corrected chi connectivity index (χ2v) is 4.51. The monoisotopic (exact) mass is 196 g/mol. The van der Waals surface area contributed by atoms with Crippen LogP contribution in [0.5, 0.6) is 0 Å². The number of hydrogen-bond acceptors (Lipinski definition) is 2. The van der Waals surface area contributed by atoms with Gasteiger partial charge in [-0.3, -0.25) is 4.90 Å². The standard InChI is InChI=1S/C12H24N2/c1-4-14(9-10(2)3)12-7-5-6-11(12)8-13/h11-12H,2,4-9,13H2,1,3H3. The third kappa shape index (κ3) is 2.82. The van der Waals surface area contributed by atoms with Gasteiger partial charge in [-0.15, -0.1) is 0 Å². The molecule has 0 aromatic rings. The molecule has 2 nitrogen and oxygen atoms in total. The lowest BCUT2D eigenvalue weighted by Crippen LogP contribution is -2.41. The van der Waals surface area contributed by atoms with Gasteiger partial charge in [0.15, 0.2) is 0 Å². The molecule has 2 atom stereocenters. The SMILES string of the molecule is C=C(C)CN(CC)C1CCCC1CN. The van der Waals surface area contributed by atoms with Gasteiger partial charge in [-0.25, -0.2) is 0 Å². The summed E-state index contributed by atoms with van der Waals surface area (Å²) < 4.78 is 0. The van der Waals surface area contributed by atoms with Crippen molar-refractivity contribution >= 4 is 0 Å². The highest BCUT2D eigenvalue weighted by atomic mass is 15.2. The maximum absolute atomic E-state index is 5.80. The van der Waals surface area contributed by atoms with E-state index >= 15 is 0 Å². The van der Waals surface area contributed by atoms with Crippen molar-refractivity contribution in [3.05, 3.63) is 12.2 Å². The molecule has 1 aliphatic rings. The van der Waals surface area contributed by atoms with Crippen molar-refractivity contribution in [2.24, 2.45) is 11.7 Å². The fraction of sp³-hybridized carbons (Fsp3) is 0.833. The van der Waals surface area contributed by atoms with Crippen molar-refractivity contribution in [2.45, 2.75) is 39.2 Å². The van der Waals surface area contributed by atoms with Crippen LogP contribution in [0.25, 0.3) is 0 Å². The topological polar surface area (TPSA) is 29.3 Å². The molecule has 2 heteroatoms. The van der Waals surface area contributed by atoms with Crippen molar-refractivity contribution in [1.29, 1.82) is 0 Å². The Morgan fingerprint density at radius 1 is 1.50 bits per heavy atom. The highest BCUT2D eigenvalue weighted by Crippen LogP contribution is 2.29. The molecule has 0 aromatic heterocycles. The van der Waals surface area contributed by atoms with Crippen LogP contribution < -0.4 is 5.73 Å². The average Bonchev–Trinajstić information content (AvgIpc) is 2.61. The average molecular weight is 196 g/mol. The van der Waals surface area contributed by atoms with Crippen LogP contribution in [0.4, 0.5) is 0 Å². The lowest BCUT2D eigenvalue weighted by molar-refractivity contribution is 0.185. The molecule has 0 heterocycles. The van der Waals surface area contributed by atoms with Gasteiger partial charge in [-0.2, -0.15) is 0 Å². The maximum Gasteiger partial charge on any atom is 0.0190 e. The lowest BCUT2D eigenvalue weighted by Gasteiger charge is -2.31. The summed E-state index contributed by atoms with van der Waals surface area (Å²) in [6.45, 7) is 11.3. The number of likely N-dealkylation sites (N-methyl/N-ethyl adjacent to an activating group) is 1. The van der Waals surface area contributed by atoms with Crippen LogP contribution in [-0.4, -0.2) is 30.6 Å². The zero-order chi connectivity index (χ0) is 10.6. The molecule has 0 bridgehead atoms. The van der Waals surface area contributed by atoms with E-state index in [4.69, 9.17) is 5.73 Å². The Morgan fingerprint density at radius 3 is 2.71 bits per heavy atom. The molecule has 2 unspecified atom stereocenters. The molecule has 2 N–H and O–H groups in total. The summed E-state index contributed by atoms with van der Waals surface area (Å²) in [5, 5.41) is 0. The first-order valence-corrected chi connectivity index (χ1v) is 5.77. The van der Waals surface area contributed by atoms with Crippen LogP contribution in [-0.2, 0) is 0 Å². The molecule has 0 saturated heterocycles. The second-order valence-electron chi connectivity index (χ2n) is 4.51. The van der Waals surface area contributed by atoms with E-state index in [1.165, 1.54) is 24.8 Å². The highest BCUT2D eigenvalue weighted by Gasteiger charge is 2.29. The van der Waals surface area contributed by atoms with E-state index in [0.29, 0.717) is 12.0 Å². The Labute approximate surface area is 88.2 Å². The first kappa shape index (κ1) is 11.7. The fourth-order valence-corrected chi connectivity index (χ4v) is 2.58. The first-order chi connectivity index (χ1) is 6.69. The molecule has 0 spiro atoms.